The summed E-state index contributed by atoms with van der Waals surface area (Å²) in [4.78, 5) is 8.34. The highest BCUT2D eigenvalue weighted by atomic mass is 32.1. The van der Waals surface area contributed by atoms with Crippen LogP contribution in [0.5, 0.6) is 5.75 Å². The minimum absolute atomic E-state index is 0.289. The molecule has 0 aliphatic rings. The van der Waals surface area contributed by atoms with Gasteiger partial charge < -0.3 is 9.84 Å². The van der Waals surface area contributed by atoms with Gasteiger partial charge in [-0.3, -0.25) is 4.98 Å². The first-order chi connectivity index (χ1) is 11.3. The molecule has 1 atom stereocenters. The number of pyridine rings is 1. The Morgan fingerprint density at radius 2 is 2.00 bits per heavy atom. The molecular weight excluding hydrogens is 308 g/mol. The lowest BCUT2D eigenvalue weighted by atomic mass is 10.1. The van der Waals surface area contributed by atoms with Gasteiger partial charge in [0, 0.05) is 29.5 Å². The van der Waals surface area contributed by atoms with E-state index in [9.17, 15) is 5.11 Å². The van der Waals surface area contributed by atoms with Gasteiger partial charge in [-0.15, -0.1) is 11.3 Å². The molecule has 118 valence electrons. The fraction of sp³-hybridized carbons (Fsp3) is 0.222. The van der Waals surface area contributed by atoms with Gasteiger partial charge in [-0.2, -0.15) is 0 Å². The zero-order chi connectivity index (χ0) is 15.9. The second-order valence-electron chi connectivity index (χ2n) is 5.23. The Hall–Kier alpha value is -2.24. The van der Waals surface area contributed by atoms with Crippen LogP contribution in [0.4, 0.5) is 0 Å². The van der Waals surface area contributed by atoms with Gasteiger partial charge in [-0.25, -0.2) is 4.98 Å². The van der Waals surface area contributed by atoms with E-state index in [4.69, 9.17) is 4.74 Å². The van der Waals surface area contributed by atoms with Crippen molar-refractivity contribution in [2.24, 2.45) is 0 Å². The molecule has 3 rings (SSSR count). The highest BCUT2D eigenvalue weighted by Gasteiger charge is 2.07. The molecule has 0 amide bonds. The first-order valence-electron chi connectivity index (χ1n) is 7.51. The Kier molecular flexibility index (Phi) is 5.34. The van der Waals surface area contributed by atoms with E-state index in [1.807, 2.05) is 48.0 Å². The Bertz CT molecular complexity index is 700. The third-order valence-electron chi connectivity index (χ3n) is 3.47. The van der Waals surface area contributed by atoms with E-state index in [0.29, 0.717) is 6.42 Å². The number of ether oxygens (including phenoxy) is 1. The van der Waals surface area contributed by atoms with E-state index in [-0.39, 0.29) is 6.61 Å². The molecule has 5 heteroatoms. The minimum atomic E-state index is -0.492. The van der Waals surface area contributed by atoms with Crippen LogP contribution in [0.15, 0.2) is 60.4 Å². The number of aliphatic hydroxyl groups excluding tert-OH is 1. The van der Waals surface area contributed by atoms with Crippen molar-refractivity contribution in [1.29, 1.82) is 0 Å². The summed E-state index contributed by atoms with van der Waals surface area (Å²) >= 11 is 1.61. The zero-order valence-electron chi connectivity index (χ0n) is 12.6. The van der Waals surface area contributed by atoms with Crippen molar-refractivity contribution < 1.29 is 9.84 Å². The fourth-order valence-corrected chi connectivity index (χ4v) is 2.86. The maximum atomic E-state index is 10.0. The average Bonchev–Trinajstić information content (AvgIpc) is 3.14. The van der Waals surface area contributed by atoms with Crippen LogP contribution >= 0.6 is 11.3 Å². The minimum Gasteiger partial charge on any atom is -0.491 e. The third kappa shape index (κ3) is 4.61. The van der Waals surface area contributed by atoms with Gasteiger partial charge in [0.25, 0.3) is 0 Å². The number of thiazole rings is 1. The van der Waals surface area contributed by atoms with E-state index in [0.717, 1.165) is 28.3 Å². The number of benzene rings is 1. The molecular formula is C18H18N2O2S. The molecule has 2 heterocycles. The van der Waals surface area contributed by atoms with Crippen molar-refractivity contribution >= 4 is 11.3 Å². The number of aliphatic hydroxyl groups is 1. The first kappa shape index (κ1) is 15.6. The molecule has 1 aromatic carbocycles. The van der Waals surface area contributed by atoms with Crippen molar-refractivity contribution in [3.63, 3.8) is 0 Å². The van der Waals surface area contributed by atoms with Gasteiger partial charge in [0.1, 0.15) is 17.4 Å². The van der Waals surface area contributed by atoms with Crippen LogP contribution < -0.4 is 4.74 Å². The summed E-state index contributed by atoms with van der Waals surface area (Å²) in [7, 11) is 0. The van der Waals surface area contributed by atoms with Crippen LogP contribution in [0.1, 0.15) is 12.0 Å². The molecule has 1 N–H and O–H groups in total. The second kappa shape index (κ2) is 7.85. The van der Waals surface area contributed by atoms with Crippen LogP contribution in [0.25, 0.3) is 10.6 Å². The first-order valence-corrected chi connectivity index (χ1v) is 8.39. The maximum Gasteiger partial charge on any atom is 0.123 e. The highest BCUT2D eigenvalue weighted by Crippen LogP contribution is 2.24. The van der Waals surface area contributed by atoms with E-state index in [1.165, 1.54) is 0 Å². The summed E-state index contributed by atoms with van der Waals surface area (Å²) in [5.41, 5.74) is 2.20. The number of rotatable bonds is 7. The van der Waals surface area contributed by atoms with Crippen LogP contribution in [0.3, 0.4) is 0 Å². The molecule has 0 bridgehead atoms. The van der Waals surface area contributed by atoms with Crippen molar-refractivity contribution in [1.82, 2.24) is 9.97 Å². The van der Waals surface area contributed by atoms with Crippen molar-refractivity contribution in [3.8, 4) is 16.3 Å². The predicted octanol–water partition coefficient (Wildman–Crippen LogP) is 3.58. The van der Waals surface area contributed by atoms with Crippen molar-refractivity contribution in [2.45, 2.75) is 18.9 Å². The largest absolute Gasteiger partial charge is 0.491 e. The standard InChI is InChI=1S/C18H18N2O2S/c21-16(6-3-14-2-1-9-19-12-14)13-22-17-7-4-15(5-8-17)18-20-10-11-23-18/h1-2,4-5,7-12,16,21H,3,6,13H2. The molecule has 2 aromatic heterocycles. The molecule has 0 aliphatic carbocycles. The lowest BCUT2D eigenvalue weighted by Crippen LogP contribution is -2.18. The lowest BCUT2D eigenvalue weighted by Gasteiger charge is -2.12. The fourth-order valence-electron chi connectivity index (χ4n) is 2.21. The van der Waals surface area contributed by atoms with Crippen LogP contribution in [0.2, 0.25) is 0 Å². The summed E-state index contributed by atoms with van der Waals surface area (Å²) < 4.78 is 5.65. The molecule has 23 heavy (non-hydrogen) atoms. The Morgan fingerprint density at radius 3 is 2.70 bits per heavy atom. The van der Waals surface area contributed by atoms with Crippen molar-refractivity contribution in [3.05, 3.63) is 65.9 Å². The molecule has 0 saturated carbocycles. The van der Waals surface area contributed by atoms with Gasteiger partial charge >= 0.3 is 0 Å². The van der Waals surface area contributed by atoms with Gasteiger partial charge in [0.15, 0.2) is 0 Å². The zero-order valence-corrected chi connectivity index (χ0v) is 13.4. The Balaban J connectivity index is 1.46. The normalized spacial score (nSPS) is 12.0. The molecule has 0 spiro atoms. The van der Waals surface area contributed by atoms with E-state index >= 15 is 0 Å². The topological polar surface area (TPSA) is 55.2 Å². The van der Waals surface area contributed by atoms with E-state index in [2.05, 4.69) is 9.97 Å². The van der Waals surface area contributed by atoms with Crippen molar-refractivity contribution in [2.75, 3.05) is 6.61 Å². The molecule has 0 radical (unpaired) electrons. The number of hydrogen-bond acceptors (Lipinski definition) is 5. The summed E-state index contributed by atoms with van der Waals surface area (Å²) in [5, 5.41) is 13.0. The Morgan fingerprint density at radius 1 is 1.13 bits per heavy atom. The smallest absolute Gasteiger partial charge is 0.123 e. The molecule has 4 nitrogen and oxygen atoms in total. The quantitative estimate of drug-likeness (QED) is 0.721. The Labute approximate surface area is 139 Å². The number of aryl methyl sites for hydroxylation is 1. The highest BCUT2D eigenvalue weighted by molar-refractivity contribution is 7.13. The summed E-state index contributed by atoms with van der Waals surface area (Å²) in [5.74, 6) is 0.755. The van der Waals surface area contributed by atoms with E-state index in [1.54, 1.807) is 23.7 Å². The van der Waals surface area contributed by atoms with Crippen LogP contribution in [0, 0.1) is 0 Å². The van der Waals surface area contributed by atoms with Gasteiger partial charge in [-0.05, 0) is 48.7 Å². The summed E-state index contributed by atoms with van der Waals surface area (Å²) in [6.07, 6.45) is 6.32. The molecule has 0 aliphatic heterocycles. The number of hydrogen-bond donors (Lipinski definition) is 1. The van der Waals surface area contributed by atoms with Crippen LogP contribution in [-0.2, 0) is 6.42 Å². The lowest BCUT2D eigenvalue weighted by molar-refractivity contribution is 0.100. The maximum absolute atomic E-state index is 10.0. The third-order valence-corrected chi connectivity index (χ3v) is 4.29. The molecule has 0 saturated heterocycles. The van der Waals surface area contributed by atoms with Crippen LogP contribution in [-0.4, -0.2) is 27.8 Å². The molecule has 1 unspecified atom stereocenters. The summed E-state index contributed by atoms with van der Waals surface area (Å²) in [6, 6.07) is 11.7. The molecule has 3 aromatic rings. The SMILES string of the molecule is OC(CCc1cccnc1)COc1ccc(-c2nccs2)cc1. The van der Waals surface area contributed by atoms with Gasteiger partial charge in [0.05, 0.1) is 6.10 Å². The van der Waals surface area contributed by atoms with Gasteiger partial charge in [-0.1, -0.05) is 6.07 Å². The van der Waals surface area contributed by atoms with Gasteiger partial charge in [0.2, 0.25) is 0 Å². The average molecular weight is 326 g/mol. The number of nitrogens with zero attached hydrogens (tertiary/aromatic N) is 2. The van der Waals surface area contributed by atoms with E-state index < -0.39 is 6.10 Å². The number of aromatic nitrogens is 2. The summed E-state index contributed by atoms with van der Waals surface area (Å²) in [6.45, 7) is 0.289. The molecule has 0 fully saturated rings. The second-order valence-corrected chi connectivity index (χ2v) is 6.12. The monoisotopic (exact) mass is 326 g/mol. The predicted molar refractivity (Wildman–Crippen MR) is 91.6 cm³/mol.